The molecule has 256 valence electrons. The Morgan fingerprint density at radius 2 is 1.20 bits per heavy atom. The van der Waals surface area contributed by atoms with Gasteiger partial charge in [0.15, 0.2) is 5.58 Å². The molecule has 10 aromatic rings. The van der Waals surface area contributed by atoms with E-state index < -0.39 is 0 Å². The van der Waals surface area contributed by atoms with E-state index in [0.717, 1.165) is 55.7 Å². The molecule has 0 aliphatic heterocycles. The van der Waals surface area contributed by atoms with Gasteiger partial charge in [-0.3, -0.25) is 0 Å². The van der Waals surface area contributed by atoms with Crippen LogP contribution in [0.1, 0.15) is 25.0 Å². The number of fused-ring (bicyclic) bond motifs is 8. The zero-order chi connectivity index (χ0) is 36.0. The summed E-state index contributed by atoms with van der Waals surface area (Å²) in [4.78, 5) is 7.18. The van der Waals surface area contributed by atoms with Gasteiger partial charge in [0.25, 0.3) is 0 Å². The van der Waals surface area contributed by atoms with Crippen molar-refractivity contribution in [1.29, 1.82) is 0 Å². The molecule has 0 bridgehead atoms. The van der Waals surface area contributed by atoms with E-state index in [-0.39, 0.29) is 5.41 Å². The zero-order valence-corrected chi connectivity index (χ0v) is 29.9. The van der Waals surface area contributed by atoms with Crippen molar-refractivity contribution in [3.8, 4) is 33.7 Å². The summed E-state index contributed by atoms with van der Waals surface area (Å²) in [5, 5.41) is 4.52. The van der Waals surface area contributed by atoms with Crippen LogP contribution < -0.4 is 4.90 Å². The summed E-state index contributed by atoms with van der Waals surface area (Å²) in [7, 11) is 0. The lowest BCUT2D eigenvalue weighted by Gasteiger charge is -2.29. The molecule has 11 rings (SSSR count). The van der Waals surface area contributed by atoms with Gasteiger partial charge in [-0.15, -0.1) is 0 Å². The van der Waals surface area contributed by atoms with Gasteiger partial charge in [-0.05, 0) is 93.2 Å². The average molecular weight is 695 g/mol. The van der Waals surface area contributed by atoms with Crippen LogP contribution in [0, 0.1) is 0 Å². The third-order valence-corrected chi connectivity index (χ3v) is 11.3. The van der Waals surface area contributed by atoms with Crippen molar-refractivity contribution in [1.82, 2.24) is 4.98 Å². The van der Waals surface area contributed by atoms with Crippen LogP contribution >= 0.6 is 0 Å². The first kappa shape index (κ1) is 30.7. The summed E-state index contributed by atoms with van der Waals surface area (Å²) in [6, 6.07) is 60.3. The minimum atomic E-state index is -0.123. The van der Waals surface area contributed by atoms with Crippen LogP contribution in [0.5, 0.6) is 0 Å². The van der Waals surface area contributed by atoms with Gasteiger partial charge in [0.05, 0.1) is 5.69 Å². The normalized spacial score (nSPS) is 13.1. The number of aromatic nitrogens is 1. The van der Waals surface area contributed by atoms with Crippen molar-refractivity contribution in [2.24, 2.45) is 0 Å². The maximum atomic E-state index is 6.62. The van der Waals surface area contributed by atoms with E-state index in [1.54, 1.807) is 0 Å². The number of furan rings is 1. The van der Waals surface area contributed by atoms with Crippen LogP contribution in [-0.2, 0) is 5.41 Å². The topological polar surface area (TPSA) is 42.4 Å². The fraction of sp³-hybridized carbons (Fsp3) is 0.0600. The van der Waals surface area contributed by atoms with Crippen LogP contribution in [-0.4, -0.2) is 4.98 Å². The summed E-state index contributed by atoms with van der Waals surface area (Å²) >= 11 is 0. The van der Waals surface area contributed by atoms with Crippen molar-refractivity contribution in [3.63, 3.8) is 0 Å². The Kier molecular flexibility index (Phi) is 6.56. The summed E-state index contributed by atoms with van der Waals surface area (Å²) in [6.07, 6.45) is 0. The number of nitrogens with zero attached hydrogens (tertiary/aromatic N) is 2. The van der Waals surface area contributed by atoms with Crippen LogP contribution in [0.25, 0.3) is 77.5 Å². The maximum absolute atomic E-state index is 6.62. The largest absolute Gasteiger partial charge is 0.456 e. The highest BCUT2D eigenvalue weighted by Crippen LogP contribution is 2.54. The highest BCUT2D eigenvalue weighted by Gasteiger charge is 2.37. The summed E-state index contributed by atoms with van der Waals surface area (Å²) in [5.74, 6) is 0.604. The molecule has 2 aromatic heterocycles. The molecule has 0 saturated heterocycles. The van der Waals surface area contributed by atoms with Gasteiger partial charge in [-0.2, -0.15) is 0 Å². The van der Waals surface area contributed by atoms with Gasteiger partial charge in [-0.1, -0.05) is 117 Å². The molecule has 1 aliphatic carbocycles. The van der Waals surface area contributed by atoms with E-state index in [4.69, 9.17) is 13.8 Å². The van der Waals surface area contributed by atoms with E-state index in [2.05, 4.69) is 152 Å². The van der Waals surface area contributed by atoms with Gasteiger partial charge in [-0.25, -0.2) is 4.98 Å². The number of anilines is 3. The third kappa shape index (κ3) is 4.66. The predicted octanol–water partition coefficient (Wildman–Crippen LogP) is 14.0. The number of rotatable bonds is 5. The Hall–Kier alpha value is -6.91. The van der Waals surface area contributed by atoms with Crippen molar-refractivity contribution in [2.45, 2.75) is 19.3 Å². The first-order valence-corrected chi connectivity index (χ1v) is 18.4. The quantitative estimate of drug-likeness (QED) is 0.180. The van der Waals surface area contributed by atoms with E-state index >= 15 is 0 Å². The second-order valence-electron chi connectivity index (χ2n) is 14.8. The zero-order valence-electron chi connectivity index (χ0n) is 29.9. The maximum Gasteiger partial charge on any atom is 0.227 e. The average Bonchev–Trinajstić information content (AvgIpc) is 3.87. The second kappa shape index (κ2) is 11.5. The molecule has 8 aromatic carbocycles. The second-order valence-corrected chi connectivity index (χ2v) is 14.8. The molecule has 0 fully saturated rings. The molecule has 4 heteroatoms. The molecular formula is C50H34N2O2. The molecule has 2 heterocycles. The minimum Gasteiger partial charge on any atom is -0.456 e. The molecular weight excluding hydrogens is 661 g/mol. The SMILES string of the molecule is CC1(C)c2ccccc2-c2c(N(c3ccc(-c4ccc5ccccc5c4)cc3)c3ccc4c(c3)oc3cc5nc(-c6ccccc6)oc5cc34)cccc21. The first-order chi connectivity index (χ1) is 26.5. The summed E-state index contributed by atoms with van der Waals surface area (Å²) in [5.41, 5.74) is 14.7. The number of hydrogen-bond donors (Lipinski definition) is 0. The van der Waals surface area contributed by atoms with Gasteiger partial charge in [0, 0.05) is 50.8 Å². The highest BCUT2D eigenvalue weighted by atomic mass is 16.4. The van der Waals surface area contributed by atoms with Crippen molar-refractivity contribution in [2.75, 3.05) is 4.90 Å². The van der Waals surface area contributed by atoms with Gasteiger partial charge < -0.3 is 13.7 Å². The fourth-order valence-corrected chi connectivity index (χ4v) is 8.55. The van der Waals surface area contributed by atoms with E-state index in [0.29, 0.717) is 5.89 Å². The Morgan fingerprint density at radius 1 is 0.481 bits per heavy atom. The Morgan fingerprint density at radius 3 is 2.07 bits per heavy atom. The molecule has 0 saturated carbocycles. The van der Waals surface area contributed by atoms with Crippen molar-refractivity contribution >= 4 is 60.9 Å². The van der Waals surface area contributed by atoms with Crippen LogP contribution in [0.4, 0.5) is 17.1 Å². The molecule has 0 amide bonds. The number of benzene rings is 8. The lowest BCUT2D eigenvalue weighted by atomic mass is 9.82. The number of hydrogen-bond acceptors (Lipinski definition) is 4. The van der Waals surface area contributed by atoms with E-state index in [9.17, 15) is 0 Å². The Balaban J connectivity index is 1.07. The minimum absolute atomic E-state index is 0.123. The van der Waals surface area contributed by atoms with Gasteiger partial charge in [0.2, 0.25) is 5.89 Å². The Labute approximate surface area is 312 Å². The summed E-state index contributed by atoms with van der Waals surface area (Å²) < 4.78 is 12.9. The lowest BCUT2D eigenvalue weighted by Crippen LogP contribution is -2.16. The first-order valence-electron chi connectivity index (χ1n) is 18.4. The lowest BCUT2D eigenvalue weighted by molar-refractivity contribution is 0.620. The third-order valence-electron chi connectivity index (χ3n) is 11.3. The summed E-state index contributed by atoms with van der Waals surface area (Å²) in [6.45, 7) is 4.66. The predicted molar refractivity (Wildman–Crippen MR) is 222 cm³/mol. The van der Waals surface area contributed by atoms with Gasteiger partial charge >= 0.3 is 0 Å². The smallest absolute Gasteiger partial charge is 0.227 e. The molecule has 0 radical (unpaired) electrons. The van der Waals surface area contributed by atoms with Crippen molar-refractivity contribution < 1.29 is 8.83 Å². The molecule has 0 atom stereocenters. The van der Waals surface area contributed by atoms with Crippen LogP contribution in [0.3, 0.4) is 0 Å². The van der Waals surface area contributed by atoms with Crippen LogP contribution in [0.15, 0.2) is 179 Å². The fourth-order valence-electron chi connectivity index (χ4n) is 8.55. The molecule has 0 N–H and O–H groups in total. The van der Waals surface area contributed by atoms with Crippen molar-refractivity contribution in [3.05, 3.63) is 181 Å². The molecule has 0 spiro atoms. The van der Waals surface area contributed by atoms with E-state index in [1.165, 1.54) is 44.2 Å². The molecule has 4 nitrogen and oxygen atoms in total. The molecule has 0 unspecified atom stereocenters. The van der Waals surface area contributed by atoms with Crippen LogP contribution in [0.2, 0.25) is 0 Å². The van der Waals surface area contributed by atoms with E-state index in [1.807, 2.05) is 36.4 Å². The monoisotopic (exact) mass is 694 g/mol. The Bertz CT molecular complexity index is 3080. The standard InChI is InChI=1S/C50H34N2O2/c1-50(2)41-16-9-8-15-39(41)48-42(50)17-10-18-44(48)52(36-23-21-32(22-24-36)35-20-19-31-11-6-7-14-34(31)27-35)37-25-26-38-40-29-47-43(30-46(40)53-45(38)28-37)51-49(54-47)33-12-4-3-5-13-33/h3-30H,1-2H3. The molecule has 1 aliphatic rings. The van der Waals surface area contributed by atoms with Gasteiger partial charge in [0.1, 0.15) is 16.7 Å². The molecule has 54 heavy (non-hydrogen) atoms. The number of oxazole rings is 1. The highest BCUT2D eigenvalue weighted by molar-refractivity contribution is 6.10.